The summed E-state index contributed by atoms with van der Waals surface area (Å²) in [5, 5.41) is 8.82. The van der Waals surface area contributed by atoms with E-state index in [1.54, 1.807) is 25.3 Å². The molecule has 0 saturated carbocycles. The maximum Gasteiger partial charge on any atom is 0.307 e. The first-order valence-electron chi connectivity index (χ1n) is 6.24. The van der Waals surface area contributed by atoms with Crippen LogP contribution in [0.4, 0.5) is 0 Å². The highest BCUT2D eigenvalue weighted by Gasteiger charge is 2.08. The van der Waals surface area contributed by atoms with E-state index >= 15 is 0 Å². The maximum absolute atomic E-state index is 10.7. The fourth-order valence-corrected chi connectivity index (χ4v) is 1.85. The van der Waals surface area contributed by atoms with Crippen molar-refractivity contribution in [2.24, 2.45) is 0 Å². The summed E-state index contributed by atoms with van der Waals surface area (Å²) in [7, 11) is 1.56. The van der Waals surface area contributed by atoms with Gasteiger partial charge in [0, 0.05) is 0 Å². The Morgan fingerprint density at radius 2 is 1.80 bits per heavy atom. The van der Waals surface area contributed by atoms with Gasteiger partial charge in [0.15, 0.2) is 11.5 Å². The van der Waals surface area contributed by atoms with Crippen LogP contribution in [0.5, 0.6) is 11.5 Å². The van der Waals surface area contributed by atoms with Crippen LogP contribution in [0.15, 0.2) is 48.5 Å². The van der Waals surface area contributed by atoms with Crippen molar-refractivity contribution in [3.63, 3.8) is 0 Å². The molecule has 2 aromatic carbocycles. The summed E-state index contributed by atoms with van der Waals surface area (Å²) < 4.78 is 10.9. The average molecular weight is 272 g/mol. The lowest BCUT2D eigenvalue weighted by Crippen LogP contribution is -2.02. The Morgan fingerprint density at radius 3 is 2.45 bits per heavy atom. The molecule has 2 aromatic rings. The maximum atomic E-state index is 10.7. The predicted octanol–water partition coefficient (Wildman–Crippen LogP) is 2.90. The first kappa shape index (κ1) is 13.9. The lowest BCUT2D eigenvalue weighted by molar-refractivity contribution is -0.136. The summed E-state index contributed by atoms with van der Waals surface area (Å²) in [6.45, 7) is 0.410. The van der Waals surface area contributed by atoms with Gasteiger partial charge >= 0.3 is 5.97 Å². The summed E-state index contributed by atoms with van der Waals surface area (Å²) >= 11 is 0. The van der Waals surface area contributed by atoms with Crippen molar-refractivity contribution in [3.05, 3.63) is 59.7 Å². The number of aliphatic carboxylic acids is 1. The van der Waals surface area contributed by atoms with Crippen molar-refractivity contribution in [1.82, 2.24) is 0 Å². The minimum Gasteiger partial charge on any atom is -0.493 e. The summed E-state index contributed by atoms with van der Waals surface area (Å²) in [5.74, 6) is 0.273. The van der Waals surface area contributed by atoms with Gasteiger partial charge in [0.25, 0.3) is 0 Å². The summed E-state index contributed by atoms with van der Waals surface area (Å²) in [4.78, 5) is 10.7. The monoisotopic (exact) mass is 272 g/mol. The molecule has 104 valence electrons. The van der Waals surface area contributed by atoms with Gasteiger partial charge in [0.05, 0.1) is 13.5 Å². The first-order chi connectivity index (χ1) is 9.69. The molecule has 0 aliphatic carbocycles. The highest BCUT2D eigenvalue weighted by molar-refractivity contribution is 5.70. The number of hydrogen-bond donors (Lipinski definition) is 1. The molecule has 0 heterocycles. The summed E-state index contributed by atoms with van der Waals surface area (Å²) in [6, 6.07) is 14.9. The standard InChI is InChI=1S/C16H16O4/c1-19-14-8-7-13(10-16(17)18)9-15(14)20-11-12-5-3-2-4-6-12/h2-9H,10-11H2,1H3,(H,17,18). The van der Waals surface area contributed by atoms with E-state index in [4.69, 9.17) is 14.6 Å². The molecule has 0 saturated heterocycles. The molecule has 0 atom stereocenters. The lowest BCUT2D eigenvalue weighted by atomic mass is 10.1. The van der Waals surface area contributed by atoms with Crippen LogP contribution in [-0.2, 0) is 17.8 Å². The highest BCUT2D eigenvalue weighted by atomic mass is 16.5. The quantitative estimate of drug-likeness (QED) is 0.878. The molecule has 4 nitrogen and oxygen atoms in total. The van der Waals surface area contributed by atoms with E-state index in [1.807, 2.05) is 30.3 Å². The fraction of sp³-hybridized carbons (Fsp3) is 0.188. The van der Waals surface area contributed by atoms with Gasteiger partial charge in [-0.05, 0) is 23.3 Å². The molecule has 0 fully saturated rings. The van der Waals surface area contributed by atoms with Crippen LogP contribution >= 0.6 is 0 Å². The summed E-state index contributed by atoms with van der Waals surface area (Å²) in [6.07, 6.45) is -0.0360. The molecule has 0 unspecified atom stereocenters. The van der Waals surface area contributed by atoms with E-state index in [0.29, 0.717) is 23.7 Å². The van der Waals surface area contributed by atoms with Gasteiger partial charge in [0.2, 0.25) is 0 Å². The van der Waals surface area contributed by atoms with E-state index < -0.39 is 5.97 Å². The van der Waals surface area contributed by atoms with Gasteiger partial charge in [0.1, 0.15) is 6.61 Å². The predicted molar refractivity (Wildman–Crippen MR) is 75.1 cm³/mol. The zero-order chi connectivity index (χ0) is 14.4. The molecular formula is C16H16O4. The topological polar surface area (TPSA) is 55.8 Å². The van der Waals surface area contributed by atoms with Crippen LogP contribution in [0.1, 0.15) is 11.1 Å². The van der Waals surface area contributed by atoms with Crippen LogP contribution < -0.4 is 9.47 Å². The van der Waals surface area contributed by atoms with E-state index in [-0.39, 0.29) is 6.42 Å². The Labute approximate surface area is 117 Å². The van der Waals surface area contributed by atoms with Gasteiger partial charge in [-0.25, -0.2) is 0 Å². The number of hydrogen-bond acceptors (Lipinski definition) is 3. The molecule has 0 aliphatic heterocycles. The zero-order valence-corrected chi connectivity index (χ0v) is 11.2. The molecule has 0 aromatic heterocycles. The Balaban J connectivity index is 2.13. The van der Waals surface area contributed by atoms with Crippen molar-refractivity contribution in [3.8, 4) is 11.5 Å². The molecule has 20 heavy (non-hydrogen) atoms. The normalized spacial score (nSPS) is 10.1. The zero-order valence-electron chi connectivity index (χ0n) is 11.2. The molecule has 2 rings (SSSR count). The van der Waals surface area contributed by atoms with Gasteiger partial charge in [-0.2, -0.15) is 0 Å². The number of ether oxygens (including phenoxy) is 2. The molecule has 1 N–H and O–H groups in total. The number of methoxy groups -OCH3 is 1. The van der Waals surface area contributed by atoms with Crippen LogP contribution in [0.25, 0.3) is 0 Å². The van der Waals surface area contributed by atoms with Gasteiger partial charge in [-0.3, -0.25) is 4.79 Å². The van der Waals surface area contributed by atoms with Gasteiger partial charge < -0.3 is 14.6 Å². The third kappa shape index (κ3) is 3.75. The van der Waals surface area contributed by atoms with Crippen molar-refractivity contribution in [2.45, 2.75) is 13.0 Å². The average Bonchev–Trinajstić information content (AvgIpc) is 2.46. The van der Waals surface area contributed by atoms with Crippen molar-refractivity contribution >= 4 is 5.97 Å². The smallest absolute Gasteiger partial charge is 0.307 e. The first-order valence-corrected chi connectivity index (χ1v) is 6.24. The van der Waals surface area contributed by atoms with E-state index in [1.165, 1.54) is 0 Å². The number of carboxylic acids is 1. The number of benzene rings is 2. The molecular weight excluding hydrogens is 256 g/mol. The van der Waals surface area contributed by atoms with Gasteiger partial charge in [-0.1, -0.05) is 36.4 Å². The van der Waals surface area contributed by atoms with Crippen LogP contribution in [0, 0.1) is 0 Å². The fourth-order valence-electron chi connectivity index (χ4n) is 1.85. The highest BCUT2D eigenvalue weighted by Crippen LogP contribution is 2.29. The largest absolute Gasteiger partial charge is 0.493 e. The molecule has 0 amide bonds. The second kappa shape index (κ2) is 6.61. The van der Waals surface area contributed by atoms with Crippen LogP contribution in [0.3, 0.4) is 0 Å². The second-order valence-electron chi connectivity index (χ2n) is 4.33. The van der Waals surface area contributed by atoms with Crippen molar-refractivity contribution in [1.29, 1.82) is 0 Å². The SMILES string of the molecule is COc1ccc(CC(=O)O)cc1OCc1ccccc1. The minimum atomic E-state index is -0.871. The number of carbonyl (C=O) groups is 1. The third-order valence-corrected chi connectivity index (χ3v) is 2.82. The minimum absolute atomic E-state index is 0.0360. The van der Waals surface area contributed by atoms with Gasteiger partial charge in [-0.15, -0.1) is 0 Å². The van der Waals surface area contributed by atoms with Crippen molar-refractivity contribution in [2.75, 3.05) is 7.11 Å². The van der Waals surface area contributed by atoms with Crippen molar-refractivity contribution < 1.29 is 19.4 Å². The Kier molecular flexibility index (Phi) is 4.60. The number of rotatable bonds is 6. The van der Waals surface area contributed by atoms with E-state index in [0.717, 1.165) is 5.56 Å². The second-order valence-corrected chi connectivity index (χ2v) is 4.33. The number of carboxylic acid groups (broad SMARTS) is 1. The Morgan fingerprint density at radius 1 is 1.05 bits per heavy atom. The molecule has 0 spiro atoms. The Hall–Kier alpha value is -2.49. The van der Waals surface area contributed by atoms with E-state index in [2.05, 4.69) is 0 Å². The molecule has 0 bridgehead atoms. The summed E-state index contributed by atoms with van der Waals surface area (Å²) in [5.41, 5.74) is 1.72. The lowest BCUT2D eigenvalue weighted by Gasteiger charge is -2.12. The van der Waals surface area contributed by atoms with Crippen LogP contribution in [-0.4, -0.2) is 18.2 Å². The third-order valence-electron chi connectivity index (χ3n) is 2.82. The molecule has 4 heteroatoms. The molecule has 0 aliphatic rings. The Bertz CT molecular complexity index is 578. The molecule has 0 radical (unpaired) electrons. The van der Waals surface area contributed by atoms with Crippen LogP contribution in [0.2, 0.25) is 0 Å². The van der Waals surface area contributed by atoms with E-state index in [9.17, 15) is 4.79 Å².